The molecule has 0 aromatic heterocycles. The Bertz CT molecular complexity index is 356. The highest BCUT2D eigenvalue weighted by Crippen LogP contribution is 2.24. The van der Waals surface area contributed by atoms with E-state index < -0.39 is 0 Å². The molecule has 0 saturated heterocycles. The van der Waals surface area contributed by atoms with Crippen LogP contribution in [0.1, 0.15) is 163 Å². The molecule has 0 saturated carbocycles. The summed E-state index contributed by atoms with van der Waals surface area (Å²) in [5, 5.41) is 0. The Morgan fingerprint density at radius 1 is 0.483 bits per heavy atom. The van der Waals surface area contributed by atoms with Crippen molar-refractivity contribution in [2.45, 2.75) is 163 Å². The summed E-state index contributed by atoms with van der Waals surface area (Å²) in [6.45, 7) is 9.37. The summed E-state index contributed by atoms with van der Waals surface area (Å²) in [7, 11) is 0. The van der Waals surface area contributed by atoms with Crippen LogP contribution in [0.2, 0.25) is 0 Å². The molecule has 0 aliphatic rings. The Kier molecular flexibility index (Phi) is 23.5. The van der Waals surface area contributed by atoms with E-state index in [4.69, 9.17) is 0 Å². The van der Waals surface area contributed by atoms with Gasteiger partial charge in [0.25, 0.3) is 0 Å². The minimum absolute atomic E-state index is 0.875. The van der Waals surface area contributed by atoms with Crippen molar-refractivity contribution in [1.29, 1.82) is 0 Å². The highest BCUT2D eigenvalue weighted by molar-refractivity contribution is 4.98. The Hall–Kier alpha value is -0.440. The lowest BCUT2D eigenvalue weighted by atomic mass is 9.88. The standard InChI is InChI=1S/C29H56/c1-5-7-9-10-11-12-13-14-15-16-17-18-19-20-21-22-23-24-26-29(25-8-6-2)27-28(3)4/h28-29H,5-10,13-27H2,1-4H3. The van der Waals surface area contributed by atoms with E-state index in [9.17, 15) is 0 Å². The van der Waals surface area contributed by atoms with Gasteiger partial charge in [-0.05, 0) is 31.1 Å². The van der Waals surface area contributed by atoms with Gasteiger partial charge in [0.15, 0.2) is 0 Å². The Labute approximate surface area is 186 Å². The molecule has 0 radical (unpaired) electrons. The van der Waals surface area contributed by atoms with Crippen LogP contribution in [0, 0.1) is 23.7 Å². The van der Waals surface area contributed by atoms with Crippen LogP contribution in [0.4, 0.5) is 0 Å². The van der Waals surface area contributed by atoms with Crippen LogP contribution in [0.3, 0.4) is 0 Å². The summed E-state index contributed by atoms with van der Waals surface area (Å²) in [6, 6.07) is 0. The van der Waals surface area contributed by atoms with E-state index in [1.807, 2.05) is 0 Å². The van der Waals surface area contributed by atoms with E-state index in [0.29, 0.717) is 0 Å². The Morgan fingerprint density at radius 3 is 1.38 bits per heavy atom. The predicted molar refractivity (Wildman–Crippen MR) is 134 cm³/mol. The van der Waals surface area contributed by atoms with Crippen molar-refractivity contribution >= 4 is 0 Å². The molecule has 0 aliphatic heterocycles. The zero-order chi connectivity index (χ0) is 21.4. The first-order chi connectivity index (χ1) is 14.2. The first-order valence-corrected chi connectivity index (χ1v) is 13.7. The fourth-order valence-corrected chi connectivity index (χ4v) is 4.42. The Morgan fingerprint density at radius 2 is 0.897 bits per heavy atom. The van der Waals surface area contributed by atoms with Crippen molar-refractivity contribution in [3.8, 4) is 11.8 Å². The minimum Gasteiger partial charge on any atom is -0.103 e. The van der Waals surface area contributed by atoms with Crippen molar-refractivity contribution in [3.05, 3.63) is 0 Å². The fourth-order valence-electron chi connectivity index (χ4n) is 4.42. The molecule has 0 aromatic carbocycles. The first kappa shape index (κ1) is 28.6. The molecule has 172 valence electrons. The molecule has 0 rings (SSSR count). The average Bonchev–Trinajstić information content (AvgIpc) is 2.70. The number of hydrogen-bond donors (Lipinski definition) is 0. The number of hydrogen-bond acceptors (Lipinski definition) is 0. The molecule has 0 amide bonds. The van der Waals surface area contributed by atoms with Crippen LogP contribution >= 0.6 is 0 Å². The molecule has 0 bridgehead atoms. The Balaban J connectivity index is 3.32. The summed E-state index contributed by atoms with van der Waals surface area (Å²) in [5.74, 6) is 8.57. The lowest BCUT2D eigenvalue weighted by Gasteiger charge is -2.18. The zero-order valence-corrected chi connectivity index (χ0v) is 21.0. The van der Waals surface area contributed by atoms with Gasteiger partial charge >= 0.3 is 0 Å². The molecule has 1 atom stereocenters. The van der Waals surface area contributed by atoms with Gasteiger partial charge in [-0.1, -0.05) is 130 Å². The topological polar surface area (TPSA) is 0 Å². The SMILES string of the molecule is CCCCCC#CCCCCCCCCCCCCCC(CCCC)CC(C)C. The maximum Gasteiger partial charge on any atom is 0.00886 e. The van der Waals surface area contributed by atoms with E-state index in [1.165, 1.54) is 122 Å². The molecule has 0 fully saturated rings. The molecule has 0 spiro atoms. The van der Waals surface area contributed by atoms with E-state index in [-0.39, 0.29) is 0 Å². The summed E-state index contributed by atoms with van der Waals surface area (Å²) in [4.78, 5) is 0. The van der Waals surface area contributed by atoms with Crippen LogP contribution in [-0.2, 0) is 0 Å². The second-order valence-electron chi connectivity index (χ2n) is 9.88. The van der Waals surface area contributed by atoms with Crippen molar-refractivity contribution in [2.75, 3.05) is 0 Å². The second-order valence-corrected chi connectivity index (χ2v) is 9.88. The molecule has 0 heterocycles. The molecule has 0 heteroatoms. The molecule has 0 aromatic rings. The number of rotatable bonds is 21. The second kappa shape index (κ2) is 23.8. The summed E-state index contributed by atoms with van der Waals surface area (Å²) >= 11 is 0. The molecule has 0 N–H and O–H groups in total. The van der Waals surface area contributed by atoms with E-state index in [0.717, 1.165) is 24.7 Å². The predicted octanol–water partition coefficient (Wildman–Crippen LogP) is 10.5. The van der Waals surface area contributed by atoms with Crippen molar-refractivity contribution in [1.82, 2.24) is 0 Å². The fraction of sp³-hybridized carbons (Fsp3) is 0.931. The molecule has 1 unspecified atom stereocenters. The van der Waals surface area contributed by atoms with Crippen molar-refractivity contribution in [2.24, 2.45) is 11.8 Å². The maximum absolute atomic E-state index is 3.36. The van der Waals surface area contributed by atoms with Gasteiger partial charge in [-0.15, -0.1) is 11.8 Å². The monoisotopic (exact) mass is 404 g/mol. The molecule has 0 aliphatic carbocycles. The third-order valence-corrected chi connectivity index (χ3v) is 6.22. The van der Waals surface area contributed by atoms with E-state index >= 15 is 0 Å². The third-order valence-electron chi connectivity index (χ3n) is 6.22. The van der Waals surface area contributed by atoms with Crippen LogP contribution in [0.15, 0.2) is 0 Å². The van der Waals surface area contributed by atoms with Crippen LogP contribution in [-0.4, -0.2) is 0 Å². The molecule has 0 nitrogen and oxygen atoms in total. The van der Waals surface area contributed by atoms with Gasteiger partial charge in [0, 0.05) is 12.8 Å². The third kappa shape index (κ3) is 23.7. The van der Waals surface area contributed by atoms with E-state index in [1.54, 1.807) is 0 Å². The highest BCUT2D eigenvalue weighted by Gasteiger charge is 2.10. The lowest BCUT2D eigenvalue weighted by Crippen LogP contribution is -2.05. The van der Waals surface area contributed by atoms with Gasteiger partial charge in [0.05, 0.1) is 0 Å². The normalized spacial score (nSPS) is 12.2. The van der Waals surface area contributed by atoms with Gasteiger partial charge in [-0.3, -0.25) is 0 Å². The van der Waals surface area contributed by atoms with Crippen LogP contribution in [0.25, 0.3) is 0 Å². The lowest BCUT2D eigenvalue weighted by molar-refractivity contribution is 0.342. The molecular weight excluding hydrogens is 348 g/mol. The zero-order valence-electron chi connectivity index (χ0n) is 21.0. The minimum atomic E-state index is 0.875. The van der Waals surface area contributed by atoms with Crippen molar-refractivity contribution < 1.29 is 0 Å². The largest absolute Gasteiger partial charge is 0.103 e. The summed E-state index contributed by atoms with van der Waals surface area (Å²) in [5.41, 5.74) is 0. The molecular formula is C29H56. The van der Waals surface area contributed by atoms with Gasteiger partial charge in [-0.25, -0.2) is 0 Å². The van der Waals surface area contributed by atoms with Gasteiger partial charge in [0.1, 0.15) is 0 Å². The summed E-state index contributed by atoms with van der Waals surface area (Å²) < 4.78 is 0. The van der Waals surface area contributed by atoms with Gasteiger partial charge in [0.2, 0.25) is 0 Å². The highest BCUT2D eigenvalue weighted by atomic mass is 14.2. The van der Waals surface area contributed by atoms with Crippen LogP contribution in [0.5, 0.6) is 0 Å². The first-order valence-electron chi connectivity index (χ1n) is 13.7. The number of unbranched alkanes of at least 4 members (excludes halogenated alkanes) is 15. The van der Waals surface area contributed by atoms with Crippen LogP contribution < -0.4 is 0 Å². The quantitative estimate of drug-likeness (QED) is 0.132. The van der Waals surface area contributed by atoms with Crippen molar-refractivity contribution in [3.63, 3.8) is 0 Å². The smallest absolute Gasteiger partial charge is 0.00886 e. The molecule has 29 heavy (non-hydrogen) atoms. The maximum atomic E-state index is 3.36. The summed E-state index contributed by atoms with van der Waals surface area (Å²) in [6.07, 6.45) is 29.2. The van der Waals surface area contributed by atoms with E-state index in [2.05, 4.69) is 39.5 Å². The average molecular weight is 405 g/mol. The van der Waals surface area contributed by atoms with Gasteiger partial charge in [-0.2, -0.15) is 0 Å². The van der Waals surface area contributed by atoms with Gasteiger partial charge < -0.3 is 0 Å².